The predicted octanol–water partition coefficient (Wildman–Crippen LogP) is 2.64. The van der Waals surface area contributed by atoms with E-state index in [2.05, 4.69) is 23.5 Å². The number of hydrogen-bond acceptors (Lipinski definition) is 3. The summed E-state index contributed by atoms with van der Waals surface area (Å²) in [5, 5.41) is 12.3. The standard InChI is InChI=1S/C19H28N2O3/c22-12-5-11-21(19(23)20-14-16-8-4-13-24-16)18-10-3-7-15-6-1-2-9-17(15)18/h1-2,6,9,16,18,22H,3-5,7-8,10-14H2,(H,20,23)/t16-,18+/m0/s1. The minimum Gasteiger partial charge on any atom is -0.396 e. The van der Waals surface area contributed by atoms with Crippen LogP contribution in [0.2, 0.25) is 0 Å². The van der Waals surface area contributed by atoms with E-state index in [-0.39, 0.29) is 24.8 Å². The highest BCUT2D eigenvalue weighted by Crippen LogP contribution is 2.34. The van der Waals surface area contributed by atoms with Crippen molar-refractivity contribution in [3.05, 3.63) is 35.4 Å². The molecule has 3 rings (SSSR count). The summed E-state index contributed by atoms with van der Waals surface area (Å²) in [5.41, 5.74) is 2.60. The molecule has 2 N–H and O–H groups in total. The molecule has 1 heterocycles. The lowest BCUT2D eigenvalue weighted by Gasteiger charge is -2.36. The van der Waals surface area contributed by atoms with Crippen LogP contribution < -0.4 is 5.32 Å². The van der Waals surface area contributed by atoms with Crippen LogP contribution in [0.25, 0.3) is 0 Å². The van der Waals surface area contributed by atoms with E-state index in [0.717, 1.165) is 38.7 Å². The van der Waals surface area contributed by atoms with E-state index in [1.807, 2.05) is 11.0 Å². The third-order valence-corrected chi connectivity index (χ3v) is 5.04. The number of benzene rings is 1. The van der Waals surface area contributed by atoms with Crippen molar-refractivity contribution in [2.24, 2.45) is 0 Å². The van der Waals surface area contributed by atoms with Crippen LogP contribution in [0.4, 0.5) is 4.79 Å². The van der Waals surface area contributed by atoms with Gasteiger partial charge in [-0.3, -0.25) is 0 Å². The maximum Gasteiger partial charge on any atom is 0.318 e. The molecule has 0 unspecified atom stereocenters. The molecule has 0 spiro atoms. The maximum atomic E-state index is 12.8. The van der Waals surface area contributed by atoms with Crippen LogP contribution in [-0.2, 0) is 11.2 Å². The Morgan fingerprint density at radius 3 is 2.96 bits per heavy atom. The molecule has 1 aromatic carbocycles. The Hall–Kier alpha value is -1.59. The summed E-state index contributed by atoms with van der Waals surface area (Å²) in [6.45, 7) is 2.05. The topological polar surface area (TPSA) is 61.8 Å². The molecule has 2 amide bonds. The van der Waals surface area contributed by atoms with E-state index in [1.165, 1.54) is 11.1 Å². The van der Waals surface area contributed by atoms with Crippen molar-refractivity contribution >= 4 is 6.03 Å². The molecule has 0 saturated carbocycles. The fourth-order valence-corrected chi connectivity index (χ4v) is 3.80. The van der Waals surface area contributed by atoms with Gasteiger partial charge >= 0.3 is 6.03 Å². The minimum absolute atomic E-state index is 0.0411. The molecule has 132 valence electrons. The number of aliphatic hydroxyl groups excluding tert-OH is 1. The molecule has 0 aromatic heterocycles. The van der Waals surface area contributed by atoms with Gasteiger partial charge in [0, 0.05) is 26.3 Å². The normalized spacial score (nSPS) is 22.9. The van der Waals surface area contributed by atoms with Gasteiger partial charge in [-0.05, 0) is 49.7 Å². The van der Waals surface area contributed by atoms with Crippen LogP contribution in [0.15, 0.2) is 24.3 Å². The first-order chi connectivity index (χ1) is 11.8. The SMILES string of the molecule is O=C(NC[C@@H]1CCCO1)N(CCCO)[C@@H]1CCCc2ccccc21. The summed E-state index contributed by atoms with van der Waals surface area (Å²) < 4.78 is 5.59. The van der Waals surface area contributed by atoms with Crippen LogP contribution in [0, 0.1) is 0 Å². The van der Waals surface area contributed by atoms with Crippen LogP contribution >= 0.6 is 0 Å². The Balaban J connectivity index is 1.70. The van der Waals surface area contributed by atoms with E-state index in [4.69, 9.17) is 4.74 Å². The number of urea groups is 1. The zero-order valence-electron chi connectivity index (χ0n) is 14.2. The van der Waals surface area contributed by atoms with Crippen LogP contribution in [0.5, 0.6) is 0 Å². The van der Waals surface area contributed by atoms with Crippen molar-refractivity contribution in [2.45, 2.75) is 50.7 Å². The average Bonchev–Trinajstić information content (AvgIpc) is 3.14. The summed E-state index contributed by atoms with van der Waals surface area (Å²) >= 11 is 0. The highest BCUT2D eigenvalue weighted by Gasteiger charge is 2.29. The molecule has 0 bridgehead atoms. The Morgan fingerprint density at radius 2 is 2.17 bits per heavy atom. The second kappa shape index (κ2) is 8.49. The fourth-order valence-electron chi connectivity index (χ4n) is 3.80. The lowest BCUT2D eigenvalue weighted by atomic mass is 9.87. The molecule has 0 radical (unpaired) electrons. The van der Waals surface area contributed by atoms with Gasteiger partial charge in [-0.25, -0.2) is 4.79 Å². The van der Waals surface area contributed by atoms with Gasteiger partial charge in [0.1, 0.15) is 0 Å². The molecular formula is C19H28N2O3. The number of aryl methyl sites for hydroxylation is 1. The van der Waals surface area contributed by atoms with E-state index < -0.39 is 0 Å². The Morgan fingerprint density at radius 1 is 1.29 bits per heavy atom. The first kappa shape index (κ1) is 17.2. The second-order valence-electron chi connectivity index (χ2n) is 6.70. The van der Waals surface area contributed by atoms with Gasteiger partial charge in [0.25, 0.3) is 0 Å². The average molecular weight is 332 g/mol. The van der Waals surface area contributed by atoms with E-state index >= 15 is 0 Å². The highest BCUT2D eigenvalue weighted by atomic mass is 16.5. The molecule has 5 nitrogen and oxygen atoms in total. The first-order valence-corrected chi connectivity index (χ1v) is 9.14. The fraction of sp³-hybridized carbons (Fsp3) is 0.632. The number of rotatable bonds is 6. The number of ether oxygens (including phenoxy) is 1. The molecule has 5 heteroatoms. The van der Waals surface area contributed by atoms with Crippen molar-refractivity contribution in [3.63, 3.8) is 0 Å². The summed E-state index contributed by atoms with van der Waals surface area (Å²) in [6, 6.07) is 8.48. The summed E-state index contributed by atoms with van der Waals surface area (Å²) in [6.07, 6.45) is 6.00. The van der Waals surface area contributed by atoms with Gasteiger partial charge in [-0.1, -0.05) is 24.3 Å². The van der Waals surface area contributed by atoms with Gasteiger partial charge in [0.2, 0.25) is 0 Å². The molecule has 1 aliphatic heterocycles. The van der Waals surface area contributed by atoms with Crippen LogP contribution in [0.1, 0.15) is 49.3 Å². The summed E-state index contributed by atoms with van der Waals surface area (Å²) in [5.74, 6) is 0. The number of carbonyl (C=O) groups is 1. The largest absolute Gasteiger partial charge is 0.396 e. The second-order valence-corrected chi connectivity index (χ2v) is 6.70. The highest BCUT2D eigenvalue weighted by molar-refractivity contribution is 5.75. The molecule has 1 fully saturated rings. The monoisotopic (exact) mass is 332 g/mol. The number of hydrogen-bond donors (Lipinski definition) is 2. The molecule has 2 aliphatic rings. The summed E-state index contributed by atoms with van der Waals surface area (Å²) in [7, 11) is 0. The lowest BCUT2D eigenvalue weighted by molar-refractivity contribution is 0.105. The van der Waals surface area contributed by atoms with Crippen molar-refractivity contribution < 1.29 is 14.6 Å². The van der Waals surface area contributed by atoms with Crippen LogP contribution in [-0.4, -0.2) is 48.4 Å². The zero-order valence-corrected chi connectivity index (χ0v) is 14.2. The van der Waals surface area contributed by atoms with Crippen molar-refractivity contribution in [3.8, 4) is 0 Å². The van der Waals surface area contributed by atoms with E-state index in [0.29, 0.717) is 19.5 Å². The van der Waals surface area contributed by atoms with Gasteiger partial charge in [0.05, 0.1) is 12.1 Å². The Kier molecular flexibility index (Phi) is 6.10. The van der Waals surface area contributed by atoms with Crippen molar-refractivity contribution in [2.75, 3.05) is 26.3 Å². The predicted molar refractivity (Wildman–Crippen MR) is 92.9 cm³/mol. The third kappa shape index (κ3) is 4.08. The zero-order chi connectivity index (χ0) is 16.8. The maximum absolute atomic E-state index is 12.8. The molecular weight excluding hydrogens is 304 g/mol. The van der Waals surface area contributed by atoms with Gasteiger partial charge in [0.15, 0.2) is 0 Å². The molecule has 1 saturated heterocycles. The van der Waals surface area contributed by atoms with E-state index in [1.54, 1.807) is 0 Å². The van der Waals surface area contributed by atoms with Gasteiger partial charge in [-0.15, -0.1) is 0 Å². The van der Waals surface area contributed by atoms with Crippen molar-refractivity contribution in [1.29, 1.82) is 0 Å². The van der Waals surface area contributed by atoms with Crippen molar-refractivity contribution in [1.82, 2.24) is 10.2 Å². The summed E-state index contributed by atoms with van der Waals surface area (Å²) in [4.78, 5) is 14.7. The van der Waals surface area contributed by atoms with Gasteiger partial charge < -0.3 is 20.1 Å². The Labute approximate surface area is 144 Å². The number of fused-ring (bicyclic) bond motifs is 1. The van der Waals surface area contributed by atoms with Crippen LogP contribution in [0.3, 0.4) is 0 Å². The minimum atomic E-state index is -0.0411. The lowest BCUT2D eigenvalue weighted by Crippen LogP contribution is -2.46. The molecule has 1 aliphatic carbocycles. The molecule has 1 aromatic rings. The first-order valence-electron chi connectivity index (χ1n) is 9.14. The number of nitrogens with zero attached hydrogens (tertiary/aromatic N) is 1. The van der Waals surface area contributed by atoms with Gasteiger partial charge in [-0.2, -0.15) is 0 Å². The molecule has 2 atom stereocenters. The number of aliphatic hydroxyl groups is 1. The smallest absolute Gasteiger partial charge is 0.318 e. The third-order valence-electron chi connectivity index (χ3n) is 5.04. The van der Waals surface area contributed by atoms with E-state index in [9.17, 15) is 9.90 Å². The number of amides is 2. The molecule has 24 heavy (non-hydrogen) atoms. The quantitative estimate of drug-likeness (QED) is 0.842. The Bertz CT molecular complexity index is 543. The number of nitrogens with one attached hydrogen (secondary N) is 1. The number of carbonyl (C=O) groups excluding carboxylic acids is 1.